The standard InChI is InChI=1S/C19H18O3/c1-19(2,3)16-12-14(8-11-17(16)20)5-4-13-6-9-15(10-7-13)18(21)22/h6-12,20H,1-3H3,(H,21,22). The van der Waals surface area contributed by atoms with Crippen molar-refractivity contribution in [3.05, 3.63) is 64.7 Å². The van der Waals surface area contributed by atoms with E-state index in [2.05, 4.69) is 11.8 Å². The van der Waals surface area contributed by atoms with Gasteiger partial charge in [0.05, 0.1) is 5.56 Å². The molecule has 0 aliphatic rings. The lowest BCUT2D eigenvalue weighted by atomic mass is 9.85. The predicted molar refractivity (Wildman–Crippen MR) is 86.2 cm³/mol. The van der Waals surface area contributed by atoms with E-state index in [1.807, 2.05) is 26.8 Å². The Morgan fingerprint density at radius 2 is 1.50 bits per heavy atom. The summed E-state index contributed by atoms with van der Waals surface area (Å²) in [4.78, 5) is 10.8. The molecule has 0 saturated carbocycles. The van der Waals surface area contributed by atoms with Gasteiger partial charge in [-0.3, -0.25) is 0 Å². The Balaban J connectivity index is 2.30. The summed E-state index contributed by atoms with van der Waals surface area (Å²) in [6, 6.07) is 11.7. The normalized spacial score (nSPS) is 10.7. The van der Waals surface area contributed by atoms with Gasteiger partial charge in [-0.15, -0.1) is 0 Å². The van der Waals surface area contributed by atoms with Crippen LogP contribution in [-0.4, -0.2) is 16.2 Å². The van der Waals surface area contributed by atoms with E-state index in [1.54, 1.807) is 24.3 Å². The van der Waals surface area contributed by atoms with Gasteiger partial charge in [0.15, 0.2) is 0 Å². The maximum atomic E-state index is 10.8. The van der Waals surface area contributed by atoms with Crippen molar-refractivity contribution in [1.29, 1.82) is 0 Å². The second-order valence-electron chi connectivity index (χ2n) is 6.11. The number of carboxylic acid groups (broad SMARTS) is 1. The number of carboxylic acids is 1. The molecule has 0 bridgehead atoms. The van der Waals surface area contributed by atoms with Crippen LogP contribution in [-0.2, 0) is 5.41 Å². The highest BCUT2D eigenvalue weighted by Crippen LogP contribution is 2.30. The Labute approximate surface area is 130 Å². The van der Waals surface area contributed by atoms with Crippen molar-refractivity contribution >= 4 is 5.97 Å². The van der Waals surface area contributed by atoms with Crippen molar-refractivity contribution in [1.82, 2.24) is 0 Å². The first-order valence-corrected chi connectivity index (χ1v) is 6.96. The maximum Gasteiger partial charge on any atom is 0.335 e. The highest BCUT2D eigenvalue weighted by Gasteiger charge is 2.17. The van der Waals surface area contributed by atoms with Crippen LogP contribution in [0.15, 0.2) is 42.5 Å². The minimum Gasteiger partial charge on any atom is -0.508 e. The quantitative estimate of drug-likeness (QED) is 0.787. The SMILES string of the molecule is CC(C)(C)c1cc(C#Cc2ccc(C(=O)O)cc2)ccc1O. The number of rotatable bonds is 1. The number of benzene rings is 2. The third kappa shape index (κ3) is 3.67. The van der Waals surface area contributed by atoms with Gasteiger partial charge >= 0.3 is 5.97 Å². The van der Waals surface area contributed by atoms with E-state index >= 15 is 0 Å². The average Bonchev–Trinajstić information content (AvgIpc) is 2.45. The van der Waals surface area contributed by atoms with Gasteiger partial charge in [-0.2, -0.15) is 0 Å². The molecule has 0 unspecified atom stereocenters. The molecule has 3 nitrogen and oxygen atoms in total. The first-order valence-electron chi connectivity index (χ1n) is 6.96. The predicted octanol–water partition coefficient (Wildman–Crippen LogP) is 3.79. The lowest BCUT2D eigenvalue weighted by Gasteiger charge is -2.20. The molecule has 0 aliphatic heterocycles. The topological polar surface area (TPSA) is 57.5 Å². The van der Waals surface area contributed by atoms with Gasteiger partial charge in [-0.25, -0.2) is 4.79 Å². The highest BCUT2D eigenvalue weighted by atomic mass is 16.4. The van der Waals surface area contributed by atoms with E-state index in [0.29, 0.717) is 0 Å². The number of hydrogen-bond donors (Lipinski definition) is 2. The van der Waals surface area contributed by atoms with Crippen molar-refractivity contribution in [2.45, 2.75) is 26.2 Å². The molecule has 0 amide bonds. The number of phenolic OH excluding ortho intramolecular Hbond substituents is 1. The molecule has 3 heteroatoms. The van der Waals surface area contributed by atoms with Gasteiger partial charge in [0, 0.05) is 16.7 Å². The molecule has 0 radical (unpaired) electrons. The van der Waals surface area contributed by atoms with Crippen LogP contribution in [0.4, 0.5) is 0 Å². The molecular formula is C19H18O3. The van der Waals surface area contributed by atoms with Crippen molar-refractivity contribution in [3.63, 3.8) is 0 Å². The van der Waals surface area contributed by atoms with Crippen LogP contribution in [0.3, 0.4) is 0 Å². The zero-order valence-corrected chi connectivity index (χ0v) is 12.8. The number of hydrogen-bond acceptors (Lipinski definition) is 2. The average molecular weight is 294 g/mol. The zero-order valence-electron chi connectivity index (χ0n) is 12.8. The van der Waals surface area contributed by atoms with Gasteiger partial charge in [-0.1, -0.05) is 32.6 Å². The molecule has 0 aromatic heterocycles. The molecule has 0 saturated heterocycles. The smallest absolute Gasteiger partial charge is 0.335 e. The van der Waals surface area contributed by atoms with Gasteiger partial charge in [0.25, 0.3) is 0 Å². The van der Waals surface area contributed by atoms with Gasteiger partial charge < -0.3 is 10.2 Å². The maximum absolute atomic E-state index is 10.8. The number of aromatic hydroxyl groups is 1. The van der Waals surface area contributed by atoms with Crippen LogP contribution in [0, 0.1) is 11.8 Å². The Bertz CT molecular complexity index is 754. The molecular weight excluding hydrogens is 276 g/mol. The van der Waals surface area contributed by atoms with E-state index < -0.39 is 5.97 Å². The molecule has 0 spiro atoms. The fourth-order valence-corrected chi connectivity index (χ4v) is 2.05. The Morgan fingerprint density at radius 3 is 2.05 bits per heavy atom. The van der Waals surface area contributed by atoms with Gasteiger partial charge in [0.1, 0.15) is 5.75 Å². The van der Waals surface area contributed by atoms with Crippen LogP contribution in [0.5, 0.6) is 5.75 Å². The first kappa shape index (κ1) is 15.7. The highest BCUT2D eigenvalue weighted by molar-refractivity contribution is 5.87. The molecule has 22 heavy (non-hydrogen) atoms. The Hall–Kier alpha value is -2.73. The van der Waals surface area contributed by atoms with E-state index in [1.165, 1.54) is 12.1 Å². The zero-order chi connectivity index (χ0) is 16.3. The number of aromatic carboxylic acids is 1. The molecule has 0 fully saturated rings. The minimum atomic E-state index is -0.951. The Kier molecular flexibility index (Phi) is 4.23. The largest absolute Gasteiger partial charge is 0.508 e. The summed E-state index contributed by atoms with van der Waals surface area (Å²) in [5.74, 6) is 5.36. The molecule has 2 N–H and O–H groups in total. The summed E-state index contributed by atoms with van der Waals surface area (Å²) in [7, 11) is 0. The fourth-order valence-electron chi connectivity index (χ4n) is 2.05. The van der Waals surface area contributed by atoms with Crippen LogP contribution in [0.1, 0.15) is 47.8 Å². The van der Waals surface area contributed by atoms with E-state index in [0.717, 1.165) is 16.7 Å². The fraction of sp³-hybridized carbons (Fsp3) is 0.211. The monoisotopic (exact) mass is 294 g/mol. The summed E-state index contributed by atoms with van der Waals surface area (Å²) >= 11 is 0. The molecule has 2 aromatic rings. The van der Waals surface area contributed by atoms with Crippen molar-refractivity contribution in [2.75, 3.05) is 0 Å². The Morgan fingerprint density at radius 1 is 0.955 bits per heavy atom. The number of phenols is 1. The van der Waals surface area contributed by atoms with Crippen molar-refractivity contribution in [3.8, 4) is 17.6 Å². The summed E-state index contributed by atoms with van der Waals surface area (Å²) < 4.78 is 0. The van der Waals surface area contributed by atoms with Crippen LogP contribution in [0.25, 0.3) is 0 Å². The van der Waals surface area contributed by atoms with Crippen LogP contribution < -0.4 is 0 Å². The lowest BCUT2D eigenvalue weighted by Crippen LogP contribution is -2.11. The van der Waals surface area contributed by atoms with E-state index in [4.69, 9.17) is 5.11 Å². The summed E-state index contributed by atoms with van der Waals surface area (Å²) in [6.45, 7) is 6.09. The van der Waals surface area contributed by atoms with Crippen molar-refractivity contribution < 1.29 is 15.0 Å². The minimum absolute atomic E-state index is 0.162. The third-order valence-electron chi connectivity index (χ3n) is 3.29. The molecule has 112 valence electrons. The summed E-state index contributed by atoms with van der Waals surface area (Å²) in [6.07, 6.45) is 0. The summed E-state index contributed by atoms with van der Waals surface area (Å²) in [5, 5.41) is 18.8. The molecule has 2 aromatic carbocycles. The summed E-state index contributed by atoms with van der Waals surface area (Å²) in [5.41, 5.74) is 2.48. The van der Waals surface area contributed by atoms with Crippen molar-refractivity contribution in [2.24, 2.45) is 0 Å². The molecule has 2 rings (SSSR count). The van der Waals surface area contributed by atoms with Crippen LogP contribution in [0.2, 0.25) is 0 Å². The molecule has 0 aliphatic carbocycles. The molecule has 0 atom stereocenters. The van der Waals surface area contributed by atoms with E-state index in [9.17, 15) is 9.90 Å². The first-order chi connectivity index (χ1) is 10.3. The lowest BCUT2D eigenvalue weighted by molar-refractivity contribution is 0.0697. The van der Waals surface area contributed by atoms with Crippen LogP contribution >= 0.6 is 0 Å². The number of carbonyl (C=O) groups is 1. The van der Waals surface area contributed by atoms with E-state index in [-0.39, 0.29) is 16.7 Å². The van der Waals surface area contributed by atoms with Gasteiger partial charge in [-0.05, 0) is 47.9 Å². The molecule has 0 heterocycles. The van der Waals surface area contributed by atoms with Gasteiger partial charge in [0.2, 0.25) is 0 Å². The third-order valence-corrected chi connectivity index (χ3v) is 3.29. The second kappa shape index (κ2) is 5.95. The second-order valence-corrected chi connectivity index (χ2v) is 6.11.